The molecule has 0 spiro atoms. The van der Waals surface area contributed by atoms with Crippen molar-refractivity contribution in [3.05, 3.63) is 22.4 Å². The van der Waals surface area contributed by atoms with Gasteiger partial charge < -0.3 is 10.1 Å². The summed E-state index contributed by atoms with van der Waals surface area (Å²) in [5.74, 6) is -0.484. The van der Waals surface area contributed by atoms with Crippen LogP contribution in [0.3, 0.4) is 0 Å². The summed E-state index contributed by atoms with van der Waals surface area (Å²) in [5.41, 5.74) is 0. The second kappa shape index (κ2) is 4.15. The van der Waals surface area contributed by atoms with Gasteiger partial charge in [-0.3, -0.25) is 4.79 Å². The smallest absolute Gasteiger partial charge is 0.200 e. The number of carbonyl (C=O) groups excluding carboxylic acids is 1. The summed E-state index contributed by atoms with van der Waals surface area (Å²) in [4.78, 5) is 12.0. The molecule has 0 aliphatic carbocycles. The van der Waals surface area contributed by atoms with Gasteiger partial charge in [-0.2, -0.15) is 0 Å². The molecule has 1 aromatic heterocycles. The van der Waals surface area contributed by atoms with Crippen LogP contribution in [0.15, 0.2) is 17.5 Å². The Morgan fingerprint density at radius 2 is 2.64 bits per heavy atom. The number of amides is 1. The standard InChI is InChI=1S/C9H10BNO2S/c10-9(12)11-7(8-5-13-8)4-6-2-1-3-14-6/h1-3,7-8H,4-5H2,(H,11,12)/t7-,8+/m1/s1. The highest BCUT2D eigenvalue weighted by Crippen LogP contribution is 2.20. The molecule has 1 amide bonds. The maximum absolute atomic E-state index is 10.7. The van der Waals surface area contributed by atoms with Crippen molar-refractivity contribution in [2.24, 2.45) is 0 Å². The lowest BCUT2D eigenvalue weighted by molar-refractivity contribution is 0.251. The van der Waals surface area contributed by atoms with Crippen molar-refractivity contribution in [3.63, 3.8) is 0 Å². The third-order valence-electron chi connectivity index (χ3n) is 2.14. The number of thiophene rings is 1. The zero-order chi connectivity index (χ0) is 9.97. The molecule has 1 aliphatic heterocycles. The van der Waals surface area contributed by atoms with Crippen LogP contribution in [0.1, 0.15) is 4.88 Å². The zero-order valence-corrected chi connectivity index (χ0v) is 8.42. The lowest BCUT2D eigenvalue weighted by Crippen LogP contribution is -2.39. The minimum Gasteiger partial charge on any atom is -0.371 e. The first-order valence-electron chi connectivity index (χ1n) is 4.45. The molecule has 2 rings (SSSR count). The number of ether oxygens (including phenoxy) is 1. The van der Waals surface area contributed by atoms with Crippen molar-refractivity contribution in [1.29, 1.82) is 0 Å². The van der Waals surface area contributed by atoms with Crippen LogP contribution in [-0.4, -0.2) is 32.4 Å². The van der Waals surface area contributed by atoms with Crippen LogP contribution >= 0.6 is 11.3 Å². The summed E-state index contributed by atoms with van der Waals surface area (Å²) in [6, 6.07) is 4.06. The minimum absolute atomic E-state index is 0.0196. The van der Waals surface area contributed by atoms with E-state index < -0.39 is 5.81 Å². The predicted molar refractivity (Wildman–Crippen MR) is 55.8 cm³/mol. The summed E-state index contributed by atoms with van der Waals surface area (Å²) in [6.07, 6.45) is 0.940. The molecular formula is C9H10BNO2S. The third kappa shape index (κ3) is 2.59. The third-order valence-corrected chi connectivity index (χ3v) is 3.04. The molecule has 2 radical (unpaired) electrons. The molecule has 0 unspecified atom stereocenters. The summed E-state index contributed by atoms with van der Waals surface area (Å²) < 4.78 is 5.15. The predicted octanol–water partition coefficient (Wildman–Crippen LogP) is 0.936. The number of nitrogens with one attached hydrogen (secondary N) is 1. The fourth-order valence-electron chi connectivity index (χ4n) is 1.39. The largest absolute Gasteiger partial charge is 0.371 e. The molecule has 2 atom stereocenters. The number of carbonyl (C=O) groups is 1. The Balaban J connectivity index is 1.93. The van der Waals surface area contributed by atoms with Crippen molar-refractivity contribution in [2.45, 2.75) is 18.6 Å². The molecule has 2 heterocycles. The van der Waals surface area contributed by atoms with Gasteiger partial charge in [-0.25, -0.2) is 0 Å². The molecule has 0 bridgehead atoms. The molecule has 0 aromatic carbocycles. The topological polar surface area (TPSA) is 41.6 Å². The van der Waals surface area contributed by atoms with E-state index in [1.165, 1.54) is 4.88 Å². The van der Waals surface area contributed by atoms with Gasteiger partial charge in [0.1, 0.15) is 6.10 Å². The summed E-state index contributed by atoms with van der Waals surface area (Å²) >= 11 is 1.68. The lowest BCUT2D eigenvalue weighted by atomic mass is 10.1. The first kappa shape index (κ1) is 9.74. The van der Waals surface area contributed by atoms with E-state index in [1.54, 1.807) is 11.3 Å². The molecule has 0 saturated carbocycles. The van der Waals surface area contributed by atoms with E-state index >= 15 is 0 Å². The van der Waals surface area contributed by atoms with E-state index in [4.69, 9.17) is 12.6 Å². The second-order valence-corrected chi connectivity index (χ2v) is 4.30. The summed E-state index contributed by atoms with van der Waals surface area (Å²) in [5, 5.41) is 4.72. The van der Waals surface area contributed by atoms with E-state index in [0.29, 0.717) is 0 Å². The first-order chi connectivity index (χ1) is 6.75. The highest BCUT2D eigenvalue weighted by molar-refractivity contribution is 7.09. The zero-order valence-electron chi connectivity index (χ0n) is 7.60. The average molecular weight is 207 g/mol. The molecule has 1 saturated heterocycles. The average Bonchev–Trinajstić information content (AvgIpc) is 2.85. The number of rotatable bonds is 4. The van der Waals surface area contributed by atoms with Gasteiger partial charge in [0.05, 0.1) is 12.6 Å². The molecule has 3 nitrogen and oxygen atoms in total. The van der Waals surface area contributed by atoms with Gasteiger partial charge in [-0.15, -0.1) is 11.3 Å². The molecule has 5 heteroatoms. The van der Waals surface area contributed by atoms with Crippen molar-refractivity contribution in [2.75, 3.05) is 6.61 Å². The Labute approximate surface area is 87.9 Å². The molecular weight excluding hydrogens is 197 g/mol. The maximum Gasteiger partial charge on any atom is 0.200 e. The minimum atomic E-state index is -0.484. The van der Waals surface area contributed by atoms with Gasteiger partial charge in [0.15, 0.2) is 5.81 Å². The number of epoxide rings is 1. The number of hydrogen-bond donors (Lipinski definition) is 1. The van der Waals surface area contributed by atoms with E-state index in [-0.39, 0.29) is 12.1 Å². The Morgan fingerprint density at radius 3 is 3.14 bits per heavy atom. The highest BCUT2D eigenvalue weighted by Gasteiger charge is 2.33. The van der Waals surface area contributed by atoms with Gasteiger partial charge in [0.2, 0.25) is 7.85 Å². The van der Waals surface area contributed by atoms with E-state index in [1.807, 2.05) is 17.5 Å². The molecule has 1 fully saturated rings. The number of hydrogen-bond acceptors (Lipinski definition) is 3. The van der Waals surface area contributed by atoms with Gasteiger partial charge in [0.25, 0.3) is 0 Å². The molecule has 1 aromatic rings. The highest BCUT2D eigenvalue weighted by atomic mass is 32.1. The molecule has 1 aliphatic rings. The van der Waals surface area contributed by atoms with Crippen LogP contribution in [0, 0.1) is 0 Å². The maximum atomic E-state index is 10.7. The van der Waals surface area contributed by atoms with Crippen molar-refractivity contribution < 1.29 is 9.53 Å². The van der Waals surface area contributed by atoms with Gasteiger partial charge in [-0.1, -0.05) is 6.07 Å². The van der Waals surface area contributed by atoms with Crippen LogP contribution in [0.25, 0.3) is 0 Å². The summed E-state index contributed by atoms with van der Waals surface area (Å²) in [6.45, 7) is 0.719. The van der Waals surface area contributed by atoms with E-state index in [2.05, 4.69) is 5.32 Å². The normalized spacial score (nSPS) is 21.6. The van der Waals surface area contributed by atoms with Gasteiger partial charge in [-0.05, 0) is 11.4 Å². The first-order valence-corrected chi connectivity index (χ1v) is 5.33. The van der Waals surface area contributed by atoms with E-state index in [0.717, 1.165) is 13.0 Å². The van der Waals surface area contributed by atoms with Crippen LogP contribution in [0.5, 0.6) is 0 Å². The Hall–Kier alpha value is -0.805. The lowest BCUT2D eigenvalue weighted by Gasteiger charge is -2.14. The fourth-order valence-corrected chi connectivity index (χ4v) is 2.16. The Bertz CT molecular complexity index is 311. The Kier molecular flexibility index (Phi) is 2.89. The monoisotopic (exact) mass is 207 g/mol. The van der Waals surface area contributed by atoms with Gasteiger partial charge in [0, 0.05) is 11.3 Å². The molecule has 14 heavy (non-hydrogen) atoms. The summed E-state index contributed by atoms with van der Waals surface area (Å²) in [7, 11) is 5.09. The van der Waals surface area contributed by atoms with Crippen molar-refractivity contribution in [1.82, 2.24) is 5.32 Å². The fraction of sp³-hybridized carbons (Fsp3) is 0.444. The van der Waals surface area contributed by atoms with Crippen molar-refractivity contribution >= 4 is 25.0 Å². The van der Waals surface area contributed by atoms with Crippen LogP contribution in [-0.2, 0) is 11.2 Å². The Morgan fingerprint density at radius 1 is 1.86 bits per heavy atom. The quantitative estimate of drug-likeness (QED) is 0.589. The SMILES string of the molecule is [B]C(=O)N[C@H](Cc1cccs1)[C@@H]1CO1. The van der Waals surface area contributed by atoms with Gasteiger partial charge >= 0.3 is 0 Å². The van der Waals surface area contributed by atoms with E-state index in [9.17, 15) is 4.79 Å². The van der Waals surface area contributed by atoms with Crippen LogP contribution < -0.4 is 5.32 Å². The van der Waals surface area contributed by atoms with Crippen LogP contribution in [0.4, 0.5) is 4.79 Å². The van der Waals surface area contributed by atoms with Crippen molar-refractivity contribution in [3.8, 4) is 0 Å². The molecule has 1 N–H and O–H groups in total. The molecule has 72 valence electrons. The second-order valence-electron chi connectivity index (χ2n) is 3.27. The van der Waals surface area contributed by atoms with Crippen LogP contribution in [0.2, 0.25) is 0 Å².